The van der Waals surface area contributed by atoms with Crippen molar-refractivity contribution in [3.63, 3.8) is 0 Å². The summed E-state index contributed by atoms with van der Waals surface area (Å²) in [6.45, 7) is 3.67. The normalized spacial score (nSPS) is 29.0. The van der Waals surface area contributed by atoms with Crippen molar-refractivity contribution in [2.75, 3.05) is 13.6 Å². The highest BCUT2D eigenvalue weighted by atomic mass is 31.2. The number of carbonyl (C=O) groups excluding carboxylic acids is 2. The number of nitrogens with zero attached hydrogens (tertiary/aromatic N) is 1. The third kappa shape index (κ3) is 5.76. The molecule has 40 heavy (non-hydrogen) atoms. The van der Waals surface area contributed by atoms with E-state index in [1.807, 2.05) is 4.98 Å². The van der Waals surface area contributed by atoms with Gasteiger partial charge in [0.05, 0.1) is 12.2 Å². The largest absolute Gasteiger partial charge is 0.510 e. The van der Waals surface area contributed by atoms with E-state index in [0.29, 0.717) is 4.57 Å². The van der Waals surface area contributed by atoms with Crippen LogP contribution in [0.1, 0.15) is 33.9 Å². The van der Waals surface area contributed by atoms with Crippen LogP contribution in [0.25, 0.3) is 0 Å². The highest BCUT2D eigenvalue weighted by Gasteiger charge is 2.97. The predicted molar refractivity (Wildman–Crippen MR) is 124 cm³/mol. The number of fused-ring (bicyclic) bond motifs is 1. The molecule has 2 aliphatic rings. The highest BCUT2D eigenvalue weighted by Crippen LogP contribution is 2.72. The Morgan fingerprint density at radius 1 is 1.15 bits per heavy atom. The van der Waals surface area contributed by atoms with Gasteiger partial charge in [-0.25, -0.2) is 32.4 Å². The topological polar surface area (TPSA) is 220 Å². The van der Waals surface area contributed by atoms with Crippen LogP contribution in [0.2, 0.25) is 0 Å². The summed E-state index contributed by atoms with van der Waals surface area (Å²) in [6, 6.07) is 0.832. The van der Waals surface area contributed by atoms with Crippen LogP contribution in [0.15, 0.2) is 21.9 Å². The first-order chi connectivity index (χ1) is 18.5. The molecular weight excluding hydrogens is 570 g/mol. The molecule has 1 saturated carbocycles. The first-order valence-corrected chi connectivity index (χ1v) is 12.8. The fraction of sp³-hybridized carbons (Fsp3) is 0.619. The molecule has 1 aromatic rings. The molecule has 1 saturated heterocycles. The molecule has 0 radical (unpaired) electrons. The number of terminal acetylenes is 1. The number of rotatable bonds is 11. The Morgan fingerprint density at radius 3 is 2.12 bits per heavy atom. The summed E-state index contributed by atoms with van der Waals surface area (Å²) >= 11 is 0. The maximum atomic E-state index is 15.8. The van der Waals surface area contributed by atoms with Gasteiger partial charge in [0.1, 0.15) is 0 Å². The van der Waals surface area contributed by atoms with Crippen molar-refractivity contribution in [1.29, 1.82) is 0 Å². The molecule has 0 spiro atoms. The summed E-state index contributed by atoms with van der Waals surface area (Å²) in [5.74, 6) is -1.70. The van der Waals surface area contributed by atoms with E-state index in [4.69, 9.17) is 24.7 Å². The Kier molecular flexibility index (Phi) is 8.82. The SMILES string of the molecule is C#C[C@]1(O)[C@H](n2ccc(=O)[nH]c2=O)O[C@]2(F)C(OP(=O)(OCOC(=O)OC(C)C)OCOC(=O)OC(C)C)[C@]21O. The van der Waals surface area contributed by atoms with Crippen molar-refractivity contribution in [3.05, 3.63) is 33.1 Å². The molecule has 1 aliphatic heterocycles. The number of aromatic amines is 1. The Morgan fingerprint density at radius 2 is 1.68 bits per heavy atom. The fourth-order valence-electron chi connectivity index (χ4n) is 3.57. The first kappa shape index (κ1) is 31.2. The van der Waals surface area contributed by atoms with E-state index in [0.717, 1.165) is 12.3 Å². The molecule has 1 unspecified atom stereocenters. The van der Waals surface area contributed by atoms with Gasteiger partial charge >= 0.3 is 25.8 Å². The van der Waals surface area contributed by atoms with E-state index in [2.05, 4.69) is 18.9 Å². The number of alkyl halides is 1. The molecule has 3 rings (SSSR count). The average molecular weight is 596 g/mol. The van der Waals surface area contributed by atoms with Crippen molar-refractivity contribution < 1.29 is 66.0 Å². The lowest BCUT2D eigenvalue weighted by molar-refractivity contribution is -0.171. The number of phosphoric ester groups is 1. The lowest BCUT2D eigenvalue weighted by Gasteiger charge is -2.31. The van der Waals surface area contributed by atoms with Gasteiger partial charge < -0.3 is 33.9 Å². The third-order valence-corrected chi connectivity index (χ3v) is 6.68. The molecule has 19 heteroatoms. The van der Waals surface area contributed by atoms with E-state index in [1.165, 1.54) is 27.7 Å². The zero-order valence-corrected chi connectivity index (χ0v) is 22.3. The van der Waals surface area contributed by atoms with E-state index in [-0.39, 0.29) is 0 Å². The van der Waals surface area contributed by atoms with Crippen LogP contribution >= 0.6 is 7.82 Å². The van der Waals surface area contributed by atoms with Gasteiger partial charge in [0.25, 0.3) is 11.4 Å². The van der Waals surface area contributed by atoms with Gasteiger partial charge in [0.15, 0.2) is 12.3 Å². The predicted octanol–water partition coefficient (Wildman–Crippen LogP) is 0.405. The van der Waals surface area contributed by atoms with Crippen LogP contribution in [-0.2, 0) is 41.8 Å². The van der Waals surface area contributed by atoms with Gasteiger partial charge in [-0.1, -0.05) is 5.92 Å². The number of aromatic nitrogens is 2. The van der Waals surface area contributed by atoms with Crippen LogP contribution in [0.5, 0.6) is 0 Å². The van der Waals surface area contributed by atoms with Crippen LogP contribution in [0.4, 0.5) is 14.0 Å². The summed E-state index contributed by atoms with van der Waals surface area (Å²) in [5.41, 5.74) is -8.26. The molecule has 222 valence electrons. The second kappa shape index (κ2) is 11.3. The maximum absolute atomic E-state index is 15.8. The third-order valence-electron chi connectivity index (χ3n) is 5.37. The van der Waals surface area contributed by atoms with Gasteiger partial charge in [-0.15, -0.1) is 6.42 Å². The summed E-state index contributed by atoms with van der Waals surface area (Å²) in [7, 11) is -5.15. The van der Waals surface area contributed by atoms with Crippen molar-refractivity contribution >= 4 is 20.1 Å². The van der Waals surface area contributed by atoms with Gasteiger partial charge in [-0.05, 0) is 27.7 Å². The molecule has 2 fully saturated rings. The second-order valence-corrected chi connectivity index (χ2v) is 10.5. The van der Waals surface area contributed by atoms with Crippen LogP contribution in [0.3, 0.4) is 0 Å². The number of phosphoric acid groups is 1. The van der Waals surface area contributed by atoms with Crippen LogP contribution in [0, 0.1) is 12.3 Å². The molecule has 0 bridgehead atoms. The molecule has 0 aromatic carbocycles. The van der Waals surface area contributed by atoms with Crippen molar-refractivity contribution in [2.45, 2.75) is 69.3 Å². The molecule has 0 amide bonds. The number of ether oxygens (including phenoxy) is 5. The van der Waals surface area contributed by atoms with Crippen molar-refractivity contribution in [3.8, 4) is 12.3 Å². The molecule has 1 aromatic heterocycles. The first-order valence-electron chi connectivity index (χ1n) is 11.4. The lowest BCUT2D eigenvalue weighted by Crippen LogP contribution is -2.52. The Balaban J connectivity index is 1.81. The van der Waals surface area contributed by atoms with Gasteiger partial charge in [-0.3, -0.25) is 18.9 Å². The maximum Gasteiger partial charge on any atom is 0.510 e. The smallest absolute Gasteiger partial charge is 0.432 e. The van der Waals surface area contributed by atoms with Crippen LogP contribution in [-0.4, -0.2) is 81.0 Å². The van der Waals surface area contributed by atoms with Crippen molar-refractivity contribution in [2.24, 2.45) is 0 Å². The van der Waals surface area contributed by atoms with Crippen LogP contribution < -0.4 is 11.2 Å². The Bertz CT molecular complexity index is 1310. The van der Waals surface area contributed by atoms with Gasteiger partial charge in [-0.2, -0.15) is 0 Å². The average Bonchev–Trinajstić information content (AvgIpc) is 3.21. The lowest BCUT2D eigenvalue weighted by atomic mass is 9.93. The Labute approximate surface area is 224 Å². The number of halogens is 1. The molecule has 3 N–H and O–H groups in total. The second-order valence-electron chi connectivity index (χ2n) is 8.86. The molecule has 2 heterocycles. The summed E-state index contributed by atoms with van der Waals surface area (Å²) in [5, 5.41) is 22.1. The van der Waals surface area contributed by atoms with E-state index < -0.39 is 86.6 Å². The fourth-order valence-corrected chi connectivity index (χ4v) is 4.68. The van der Waals surface area contributed by atoms with E-state index in [9.17, 15) is 34.0 Å². The Hall–Kier alpha value is -3.30. The highest BCUT2D eigenvalue weighted by molar-refractivity contribution is 7.48. The molecule has 5 atom stereocenters. The molecular formula is C21H26FN2O15P. The van der Waals surface area contributed by atoms with Gasteiger partial charge in [0.2, 0.25) is 24.8 Å². The van der Waals surface area contributed by atoms with E-state index >= 15 is 4.39 Å². The quantitative estimate of drug-likeness (QED) is 0.136. The minimum Gasteiger partial charge on any atom is -0.432 e. The number of H-pyrrole nitrogens is 1. The number of hydrogen-bond acceptors (Lipinski definition) is 15. The zero-order valence-electron chi connectivity index (χ0n) is 21.4. The number of hydrogen-bond donors (Lipinski definition) is 3. The summed E-state index contributed by atoms with van der Waals surface area (Å²) in [4.78, 5) is 48.5. The standard InChI is InChI=1S/C21H26FN2O15P/c1-6-19(29)15(24-8-7-13(25)23-16(24)26)38-21(22)14(20(19,21)30)39-40(31,34-9-32-17(27)36-11(2)3)35-10-33-18(28)37-12(4)5/h1,7-8,11-12,14-15,29-30H,9-10H2,2-5H3,(H,23,25,26)/t14?,15-,19+,20-,21-/m1/s1. The summed E-state index contributed by atoms with van der Waals surface area (Å²) < 4.78 is 67.6. The minimum atomic E-state index is -5.15. The summed E-state index contributed by atoms with van der Waals surface area (Å²) in [6.07, 6.45) is -2.05. The van der Waals surface area contributed by atoms with E-state index in [1.54, 1.807) is 5.92 Å². The monoisotopic (exact) mass is 596 g/mol. The van der Waals surface area contributed by atoms with Gasteiger partial charge in [0, 0.05) is 12.3 Å². The molecule has 1 aliphatic carbocycles. The molecule has 17 nitrogen and oxygen atoms in total. The minimum absolute atomic E-state index is 0.499. The van der Waals surface area contributed by atoms with Crippen molar-refractivity contribution in [1.82, 2.24) is 9.55 Å². The zero-order chi connectivity index (χ0) is 30.1. The number of aliphatic hydroxyl groups is 2. The number of nitrogens with one attached hydrogen (secondary N) is 1. The number of carbonyl (C=O) groups is 2.